The van der Waals surface area contributed by atoms with Crippen LogP contribution in [-0.4, -0.2) is 25.0 Å². The zero-order chi connectivity index (χ0) is 23.9. The van der Waals surface area contributed by atoms with Crippen molar-refractivity contribution in [3.63, 3.8) is 0 Å². The summed E-state index contributed by atoms with van der Waals surface area (Å²) in [5.41, 5.74) is 7.90. The fourth-order valence-corrected chi connectivity index (χ4v) is 4.01. The number of carbonyl (C=O) groups excluding carboxylic acids is 2. The number of halogens is 1. The van der Waals surface area contributed by atoms with Crippen molar-refractivity contribution >= 4 is 34.8 Å². The molecule has 3 aromatic carbocycles. The number of ether oxygens (including phenoxy) is 2. The molecule has 0 aliphatic carbocycles. The van der Waals surface area contributed by atoms with Crippen molar-refractivity contribution < 1.29 is 19.1 Å². The lowest BCUT2D eigenvalue weighted by Crippen LogP contribution is -2.36. The number of hydrazine groups is 1. The topological polar surface area (TPSA) is 79.9 Å². The number of nitrogens with zero attached hydrogens (tertiary/aromatic N) is 1. The van der Waals surface area contributed by atoms with Crippen LogP contribution in [0.4, 0.5) is 11.4 Å². The molecule has 8 heteroatoms. The van der Waals surface area contributed by atoms with E-state index in [1.807, 2.05) is 67.6 Å². The van der Waals surface area contributed by atoms with Crippen molar-refractivity contribution in [2.45, 2.75) is 20.0 Å². The number of benzene rings is 3. The molecule has 2 amide bonds. The Bertz CT molecular complexity index is 1140. The van der Waals surface area contributed by atoms with Gasteiger partial charge < -0.3 is 14.4 Å². The molecule has 1 atom stereocenters. The van der Waals surface area contributed by atoms with Crippen molar-refractivity contribution in [1.29, 1.82) is 0 Å². The van der Waals surface area contributed by atoms with Gasteiger partial charge in [-0.2, -0.15) is 0 Å². The number of amides is 2. The molecule has 4 rings (SSSR count). The predicted octanol–water partition coefficient (Wildman–Crippen LogP) is 4.81. The van der Waals surface area contributed by atoms with Gasteiger partial charge in [0.2, 0.25) is 11.8 Å². The van der Waals surface area contributed by atoms with Gasteiger partial charge in [0.1, 0.15) is 6.61 Å². The summed E-state index contributed by atoms with van der Waals surface area (Å²) in [5, 5.41) is 0.352. The first-order valence-electron chi connectivity index (χ1n) is 11.1. The second kappa shape index (κ2) is 10.9. The van der Waals surface area contributed by atoms with Crippen LogP contribution < -0.4 is 25.2 Å². The Morgan fingerprint density at radius 2 is 1.76 bits per heavy atom. The first-order valence-corrected chi connectivity index (χ1v) is 11.5. The van der Waals surface area contributed by atoms with Crippen LogP contribution in [0.3, 0.4) is 0 Å². The number of carbonyl (C=O) groups is 2. The minimum absolute atomic E-state index is 0.0760. The molecule has 7 nitrogen and oxygen atoms in total. The summed E-state index contributed by atoms with van der Waals surface area (Å²) in [6.45, 7) is 2.96. The van der Waals surface area contributed by atoms with Crippen LogP contribution >= 0.6 is 11.6 Å². The van der Waals surface area contributed by atoms with Crippen molar-refractivity contribution in [2.75, 3.05) is 23.5 Å². The Hall–Kier alpha value is -3.71. The van der Waals surface area contributed by atoms with Gasteiger partial charge >= 0.3 is 0 Å². The molecule has 34 heavy (non-hydrogen) atoms. The number of rotatable bonds is 9. The maximum atomic E-state index is 12.7. The molecular formula is C26H26ClN3O4. The van der Waals surface area contributed by atoms with Crippen LogP contribution in [0.5, 0.6) is 11.5 Å². The van der Waals surface area contributed by atoms with Gasteiger partial charge in [0, 0.05) is 24.7 Å². The average Bonchev–Trinajstić information content (AvgIpc) is 3.25. The van der Waals surface area contributed by atoms with Gasteiger partial charge in [-0.25, -0.2) is 0 Å². The molecule has 1 saturated heterocycles. The number of anilines is 2. The van der Waals surface area contributed by atoms with Gasteiger partial charge in [0.15, 0.2) is 11.5 Å². The summed E-state index contributed by atoms with van der Waals surface area (Å²) in [5.74, 6) is 0.0897. The minimum Gasteiger partial charge on any atom is -0.490 e. The lowest BCUT2D eigenvalue weighted by atomic mass is 10.1. The Morgan fingerprint density at radius 3 is 2.47 bits per heavy atom. The maximum Gasteiger partial charge on any atom is 0.243 e. The smallest absolute Gasteiger partial charge is 0.243 e. The highest BCUT2D eigenvalue weighted by Gasteiger charge is 2.35. The van der Waals surface area contributed by atoms with E-state index < -0.39 is 5.92 Å². The number of hydrogen-bond acceptors (Lipinski definition) is 5. The van der Waals surface area contributed by atoms with E-state index in [9.17, 15) is 9.59 Å². The Labute approximate surface area is 203 Å². The molecule has 1 heterocycles. The molecule has 2 N–H and O–H groups in total. The SMILES string of the molecule is CCOc1cc(NNC(=O)[C@H]2CC(=O)N(c3ccccc3)C2)cc(Cl)c1OCc1ccccc1. The van der Waals surface area contributed by atoms with Crippen LogP contribution in [-0.2, 0) is 16.2 Å². The van der Waals surface area contributed by atoms with Gasteiger partial charge in [-0.1, -0.05) is 60.1 Å². The Morgan fingerprint density at radius 1 is 1.06 bits per heavy atom. The van der Waals surface area contributed by atoms with E-state index in [4.69, 9.17) is 21.1 Å². The van der Waals surface area contributed by atoms with Gasteiger partial charge in [0.25, 0.3) is 0 Å². The third-order valence-corrected chi connectivity index (χ3v) is 5.71. The predicted molar refractivity (Wildman–Crippen MR) is 132 cm³/mol. The number of para-hydroxylation sites is 1. The molecule has 1 aliphatic heterocycles. The largest absolute Gasteiger partial charge is 0.490 e. The standard InChI is InChI=1S/C26H26ClN3O4/c1-2-33-23-15-20(14-22(27)25(23)34-17-18-9-5-3-6-10-18)28-29-26(32)19-13-24(31)30(16-19)21-11-7-4-8-12-21/h3-12,14-15,19,28H,2,13,16-17H2,1H3,(H,29,32)/t19-/m0/s1. The molecule has 0 unspecified atom stereocenters. The van der Waals surface area contributed by atoms with E-state index in [0.717, 1.165) is 11.3 Å². The Balaban J connectivity index is 1.39. The van der Waals surface area contributed by atoms with Crippen molar-refractivity contribution in [3.05, 3.63) is 83.4 Å². The molecule has 0 bridgehead atoms. The molecule has 3 aromatic rings. The molecule has 0 aromatic heterocycles. The van der Waals surface area contributed by atoms with E-state index in [1.165, 1.54) is 0 Å². The molecule has 1 aliphatic rings. The van der Waals surface area contributed by atoms with Crippen molar-refractivity contribution in [1.82, 2.24) is 5.43 Å². The Kier molecular flexibility index (Phi) is 7.54. The zero-order valence-corrected chi connectivity index (χ0v) is 19.5. The van der Waals surface area contributed by atoms with Gasteiger partial charge in [-0.3, -0.25) is 20.4 Å². The lowest BCUT2D eigenvalue weighted by molar-refractivity contribution is -0.125. The number of hydrogen-bond donors (Lipinski definition) is 2. The third-order valence-electron chi connectivity index (χ3n) is 5.43. The average molecular weight is 480 g/mol. The van der Waals surface area contributed by atoms with E-state index in [0.29, 0.717) is 42.0 Å². The summed E-state index contributed by atoms with van der Waals surface area (Å²) in [7, 11) is 0. The highest BCUT2D eigenvalue weighted by atomic mass is 35.5. The van der Waals surface area contributed by atoms with Crippen LogP contribution in [0.1, 0.15) is 18.9 Å². The van der Waals surface area contributed by atoms with E-state index in [1.54, 1.807) is 17.0 Å². The molecule has 0 saturated carbocycles. The summed E-state index contributed by atoms with van der Waals surface area (Å²) in [6.07, 6.45) is 0.152. The van der Waals surface area contributed by atoms with Crippen LogP contribution in [0.25, 0.3) is 0 Å². The zero-order valence-electron chi connectivity index (χ0n) is 18.8. The molecular weight excluding hydrogens is 454 g/mol. The lowest BCUT2D eigenvalue weighted by Gasteiger charge is -2.18. The summed E-state index contributed by atoms with van der Waals surface area (Å²) < 4.78 is 11.6. The van der Waals surface area contributed by atoms with Gasteiger partial charge in [0.05, 0.1) is 23.2 Å². The quantitative estimate of drug-likeness (QED) is 0.430. The van der Waals surface area contributed by atoms with Gasteiger partial charge in [-0.05, 0) is 30.7 Å². The summed E-state index contributed by atoms with van der Waals surface area (Å²) >= 11 is 6.48. The normalized spacial score (nSPS) is 15.2. The fourth-order valence-electron chi connectivity index (χ4n) is 3.75. The highest BCUT2D eigenvalue weighted by Crippen LogP contribution is 2.39. The maximum absolute atomic E-state index is 12.7. The summed E-state index contributed by atoms with van der Waals surface area (Å²) in [4.78, 5) is 26.8. The van der Waals surface area contributed by atoms with Crippen molar-refractivity contribution in [2.24, 2.45) is 5.92 Å². The highest BCUT2D eigenvalue weighted by molar-refractivity contribution is 6.32. The second-order valence-electron chi connectivity index (χ2n) is 7.85. The minimum atomic E-state index is -0.462. The number of nitrogens with one attached hydrogen (secondary N) is 2. The molecule has 0 radical (unpaired) electrons. The molecule has 176 valence electrons. The van der Waals surface area contributed by atoms with Crippen LogP contribution in [0.2, 0.25) is 5.02 Å². The van der Waals surface area contributed by atoms with Crippen LogP contribution in [0.15, 0.2) is 72.8 Å². The van der Waals surface area contributed by atoms with Crippen molar-refractivity contribution in [3.8, 4) is 11.5 Å². The van der Waals surface area contributed by atoms with Gasteiger partial charge in [-0.15, -0.1) is 0 Å². The first kappa shape index (κ1) is 23.4. The van der Waals surface area contributed by atoms with E-state index in [2.05, 4.69) is 10.9 Å². The first-order chi connectivity index (χ1) is 16.5. The van der Waals surface area contributed by atoms with E-state index >= 15 is 0 Å². The monoisotopic (exact) mass is 479 g/mol. The second-order valence-corrected chi connectivity index (χ2v) is 8.26. The molecule has 0 spiro atoms. The fraction of sp³-hybridized carbons (Fsp3) is 0.231. The molecule has 1 fully saturated rings. The van der Waals surface area contributed by atoms with E-state index in [-0.39, 0.29) is 18.2 Å². The van der Waals surface area contributed by atoms with Crippen LogP contribution in [0, 0.1) is 5.92 Å². The third kappa shape index (κ3) is 5.61. The summed E-state index contributed by atoms with van der Waals surface area (Å²) in [6, 6.07) is 22.5.